The maximum absolute atomic E-state index is 11.8. The highest BCUT2D eigenvalue weighted by atomic mass is 79.9. The first-order chi connectivity index (χ1) is 12.6. The average molecular weight is 426 g/mol. The van der Waals surface area contributed by atoms with Gasteiger partial charge in [-0.3, -0.25) is 4.79 Å². The molecule has 0 aliphatic carbocycles. The summed E-state index contributed by atoms with van der Waals surface area (Å²) in [7, 11) is 1.61. The van der Waals surface area contributed by atoms with Gasteiger partial charge >= 0.3 is 0 Å². The second-order valence-corrected chi connectivity index (χ2v) is 7.01. The van der Waals surface area contributed by atoms with Gasteiger partial charge in [0.05, 0.1) is 6.61 Å². The third-order valence-electron chi connectivity index (χ3n) is 4.07. The van der Waals surface area contributed by atoms with Gasteiger partial charge in [-0.05, 0) is 37.6 Å². The lowest BCUT2D eigenvalue weighted by Gasteiger charge is -2.20. The fourth-order valence-electron chi connectivity index (χ4n) is 2.78. The molecule has 1 fully saturated rings. The number of amides is 1. The average Bonchev–Trinajstić information content (AvgIpc) is 3.09. The Kier molecular flexibility index (Phi) is 8.70. The molecular formula is C18H28BrN5O2. The molecule has 1 aliphatic heterocycles. The first-order valence-electron chi connectivity index (χ1n) is 8.93. The molecule has 1 atom stereocenters. The summed E-state index contributed by atoms with van der Waals surface area (Å²) in [5, 5.41) is 9.41. The Morgan fingerprint density at radius 2 is 2.12 bits per heavy atom. The SMILES string of the molecule is CCNC(=NCC(=O)NCCOC)NC1CCN(c2ccc(Br)cc2)C1. The van der Waals surface area contributed by atoms with Gasteiger partial charge in [0.15, 0.2) is 5.96 Å². The van der Waals surface area contributed by atoms with Crippen molar-refractivity contribution in [1.29, 1.82) is 0 Å². The van der Waals surface area contributed by atoms with Crippen LogP contribution in [0.4, 0.5) is 5.69 Å². The van der Waals surface area contributed by atoms with Crippen molar-refractivity contribution in [3.8, 4) is 0 Å². The minimum Gasteiger partial charge on any atom is -0.383 e. The Bertz CT molecular complexity index is 594. The number of ether oxygens (including phenoxy) is 1. The van der Waals surface area contributed by atoms with Crippen molar-refractivity contribution in [3.63, 3.8) is 0 Å². The van der Waals surface area contributed by atoms with Gasteiger partial charge in [-0.1, -0.05) is 15.9 Å². The molecule has 0 aromatic heterocycles. The van der Waals surface area contributed by atoms with E-state index < -0.39 is 0 Å². The Hall–Kier alpha value is -1.80. The van der Waals surface area contributed by atoms with Gasteiger partial charge in [-0.2, -0.15) is 0 Å². The predicted octanol–water partition coefficient (Wildman–Crippen LogP) is 1.35. The molecule has 3 N–H and O–H groups in total. The van der Waals surface area contributed by atoms with E-state index in [1.54, 1.807) is 7.11 Å². The van der Waals surface area contributed by atoms with E-state index in [9.17, 15) is 4.79 Å². The van der Waals surface area contributed by atoms with E-state index in [1.807, 2.05) is 6.92 Å². The molecule has 0 saturated carbocycles. The van der Waals surface area contributed by atoms with Crippen molar-refractivity contribution in [2.75, 3.05) is 51.3 Å². The normalized spacial score (nSPS) is 17.3. The van der Waals surface area contributed by atoms with Crippen LogP contribution in [0, 0.1) is 0 Å². The molecule has 1 amide bonds. The van der Waals surface area contributed by atoms with E-state index in [1.165, 1.54) is 5.69 Å². The number of methoxy groups -OCH3 is 1. The minimum absolute atomic E-state index is 0.0994. The number of carbonyl (C=O) groups is 1. The van der Waals surface area contributed by atoms with E-state index in [-0.39, 0.29) is 12.5 Å². The van der Waals surface area contributed by atoms with Crippen LogP contribution in [0.25, 0.3) is 0 Å². The van der Waals surface area contributed by atoms with E-state index in [4.69, 9.17) is 4.74 Å². The molecule has 1 aromatic rings. The van der Waals surface area contributed by atoms with Gasteiger partial charge < -0.3 is 25.6 Å². The van der Waals surface area contributed by atoms with Gasteiger partial charge in [0.25, 0.3) is 0 Å². The predicted molar refractivity (Wildman–Crippen MR) is 109 cm³/mol. The van der Waals surface area contributed by atoms with Crippen LogP contribution in [0.5, 0.6) is 0 Å². The standard InChI is InChI=1S/C18H28BrN5O2/c1-3-20-18(22-12-17(25)21-9-11-26-2)23-15-8-10-24(13-15)16-6-4-14(19)5-7-16/h4-7,15H,3,8-13H2,1-2H3,(H,21,25)(H2,20,22,23). The molecule has 144 valence electrons. The quantitative estimate of drug-likeness (QED) is 0.332. The Labute approximate surface area is 163 Å². The summed E-state index contributed by atoms with van der Waals surface area (Å²) in [5.74, 6) is 0.569. The number of guanidine groups is 1. The molecule has 26 heavy (non-hydrogen) atoms. The number of hydrogen-bond acceptors (Lipinski definition) is 4. The lowest BCUT2D eigenvalue weighted by atomic mass is 10.3. The summed E-state index contributed by atoms with van der Waals surface area (Å²) in [6.07, 6.45) is 1.03. The molecule has 0 radical (unpaired) electrons. The minimum atomic E-state index is -0.109. The molecule has 1 aliphatic rings. The summed E-state index contributed by atoms with van der Waals surface area (Å²) in [6.45, 7) is 5.77. The van der Waals surface area contributed by atoms with E-state index >= 15 is 0 Å². The molecule has 1 aromatic carbocycles. The second-order valence-electron chi connectivity index (χ2n) is 6.09. The maximum atomic E-state index is 11.8. The number of anilines is 1. The molecule has 1 saturated heterocycles. The van der Waals surface area contributed by atoms with Crippen molar-refractivity contribution in [2.45, 2.75) is 19.4 Å². The highest BCUT2D eigenvalue weighted by molar-refractivity contribution is 9.10. The number of carbonyl (C=O) groups excluding carboxylic acids is 1. The van der Waals surface area contributed by atoms with Crippen molar-refractivity contribution in [1.82, 2.24) is 16.0 Å². The fraction of sp³-hybridized carbons (Fsp3) is 0.556. The van der Waals surface area contributed by atoms with Crippen LogP contribution in [-0.2, 0) is 9.53 Å². The summed E-state index contributed by atoms with van der Waals surface area (Å²) >= 11 is 3.47. The van der Waals surface area contributed by atoms with E-state index in [0.717, 1.165) is 30.5 Å². The second kappa shape index (κ2) is 11.0. The Balaban J connectivity index is 1.84. The highest BCUT2D eigenvalue weighted by Gasteiger charge is 2.23. The van der Waals surface area contributed by atoms with Crippen LogP contribution in [0.3, 0.4) is 0 Å². The first kappa shape index (κ1) is 20.5. The van der Waals surface area contributed by atoms with Crippen LogP contribution >= 0.6 is 15.9 Å². The lowest BCUT2D eigenvalue weighted by Crippen LogP contribution is -2.45. The molecule has 7 nitrogen and oxygen atoms in total. The summed E-state index contributed by atoms with van der Waals surface area (Å²) < 4.78 is 6.00. The summed E-state index contributed by atoms with van der Waals surface area (Å²) in [6, 6.07) is 8.66. The highest BCUT2D eigenvalue weighted by Crippen LogP contribution is 2.22. The van der Waals surface area contributed by atoms with Crippen LogP contribution in [-0.4, -0.2) is 64.3 Å². The van der Waals surface area contributed by atoms with Gasteiger partial charge in [0.2, 0.25) is 5.91 Å². The smallest absolute Gasteiger partial charge is 0.241 e. The summed E-state index contributed by atoms with van der Waals surface area (Å²) in [4.78, 5) is 18.5. The van der Waals surface area contributed by atoms with Gasteiger partial charge in [-0.15, -0.1) is 0 Å². The molecule has 2 rings (SSSR count). The number of nitrogens with one attached hydrogen (secondary N) is 3. The largest absolute Gasteiger partial charge is 0.383 e. The van der Waals surface area contributed by atoms with Gasteiger partial charge in [0, 0.05) is 49.5 Å². The molecule has 8 heteroatoms. The first-order valence-corrected chi connectivity index (χ1v) is 9.72. The number of rotatable bonds is 8. The fourth-order valence-corrected chi connectivity index (χ4v) is 3.04. The molecular weight excluding hydrogens is 398 g/mol. The molecule has 1 heterocycles. The van der Waals surface area contributed by atoms with E-state index in [0.29, 0.717) is 25.2 Å². The monoisotopic (exact) mass is 425 g/mol. The number of nitrogens with zero attached hydrogens (tertiary/aromatic N) is 2. The van der Waals surface area contributed by atoms with Crippen LogP contribution in [0.15, 0.2) is 33.7 Å². The zero-order valence-corrected chi connectivity index (χ0v) is 17.0. The molecule has 1 unspecified atom stereocenters. The van der Waals surface area contributed by atoms with Crippen molar-refractivity contribution >= 4 is 33.5 Å². The third kappa shape index (κ3) is 6.84. The van der Waals surface area contributed by atoms with Crippen molar-refractivity contribution in [2.24, 2.45) is 4.99 Å². The topological polar surface area (TPSA) is 78.0 Å². The Morgan fingerprint density at radius 1 is 1.35 bits per heavy atom. The van der Waals surface area contributed by atoms with Crippen LogP contribution < -0.4 is 20.9 Å². The maximum Gasteiger partial charge on any atom is 0.241 e. The number of aliphatic imine (C=N–C) groups is 1. The zero-order valence-electron chi connectivity index (χ0n) is 15.4. The molecule has 0 spiro atoms. The number of benzene rings is 1. The van der Waals surface area contributed by atoms with Gasteiger partial charge in [-0.25, -0.2) is 4.99 Å². The van der Waals surface area contributed by atoms with E-state index in [2.05, 4.69) is 66.0 Å². The lowest BCUT2D eigenvalue weighted by molar-refractivity contribution is -0.119. The number of halogens is 1. The van der Waals surface area contributed by atoms with Crippen LogP contribution in [0.1, 0.15) is 13.3 Å². The summed E-state index contributed by atoms with van der Waals surface area (Å²) in [5.41, 5.74) is 1.22. The zero-order chi connectivity index (χ0) is 18.8. The molecule has 0 bridgehead atoms. The van der Waals surface area contributed by atoms with Crippen molar-refractivity contribution < 1.29 is 9.53 Å². The van der Waals surface area contributed by atoms with Crippen molar-refractivity contribution in [3.05, 3.63) is 28.7 Å². The van der Waals surface area contributed by atoms with Gasteiger partial charge in [0.1, 0.15) is 6.54 Å². The number of hydrogen-bond donors (Lipinski definition) is 3. The Morgan fingerprint density at radius 3 is 2.81 bits per heavy atom. The van der Waals surface area contributed by atoms with Crippen LogP contribution in [0.2, 0.25) is 0 Å². The third-order valence-corrected chi connectivity index (χ3v) is 4.60.